The molecule has 0 aliphatic heterocycles. The second-order valence-electron chi connectivity index (χ2n) is 4.36. The van der Waals surface area contributed by atoms with Gasteiger partial charge in [0.15, 0.2) is 17.3 Å². The summed E-state index contributed by atoms with van der Waals surface area (Å²) in [5.41, 5.74) is -0.489. The second-order valence-corrected chi connectivity index (χ2v) is 4.36. The van der Waals surface area contributed by atoms with E-state index in [0.29, 0.717) is 11.9 Å². The van der Waals surface area contributed by atoms with Crippen LogP contribution in [-0.2, 0) is 0 Å². The number of anilines is 1. The van der Waals surface area contributed by atoms with Crippen molar-refractivity contribution in [2.75, 3.05) is 5.32 Å². The van der Waals surface area contributed by atoms with Crippen molar-refractivity contribution < 1.29 is 13.6 Å². The number of hydrogen-bond acceptors (Lipinski definition) is 5. The quantitative estimate of drug-likeness (QED) is 0.746. The van der Waals surface area contributed by atoms with E-state index in [1.165, 1.54) is 24.3 Å². The minimum Gasteiger partial charge on any atom is -0.304 e. The summed E-state index contributed by atoms with van der Waals surface area (Å²) in [4.78, 5) is 29.3. The van der Waals surface area contributed by atoms with Gasteiger partial charge in [0, 0.05) is 0 Å². The van der Waals surface area contributed by atoms with Gasteiger partial charge in [0.2, 0.25) is 0 Å². The highest BCUT2D eigenvalue weighted by atomic mass is 19.1. The fraction of sp³-hybridized carbons (Fsp3) is 0. The topological polar surface area (TPSA) is 106 Å². The van der Waals surface area contributed by atoms with Gasteiger partial charge in [-0.05, 0) is 24.3 Å². The largest absolute Gasteiger partial charge is 0.346 e. The highest BCUT2D eigenvalue weighted by Gasteiger charge is 2.14. The number of H-pyrrole nitrogens is 1. The average molecular weight is 318 g/mol. The Morgan fingerprint density at radius 1 is 1.17 bits per heavy atom. The van der Waals surface area contributed by atoms with Crippen LogP contribution in [0.2, 0.25) is 0 Å². The fourth-order valence-electron chi connectivity index (χ4n) is 1.71. The molecule has 0 saturated carbocycles. The van der Waals surface area contributed by atoms with Crippen molar-refractivity contribution in [1.29, 1.82) is 0 Å². The Labute approximate surface area is 126 Å². The molecule has 0 aliphatic rings. The monoisotopic (exact) mass is 318 g/mol. The maximum absolute atomic E-state index is 13.4. The lowest BCUT2D eigenvalue weighted by Gasteiger charge is -2.03. The minimum atomic E-state index is -0.899. The van der Waals surface area contributed by atoms with Gasteiger partial charge in [0.05, 0.1) is 18.1 Å². The van der Waals surface area contributed by atoms with Crippen molar-refractivity contribution in [3.63, 3.8) is 0 Å². The number of halogens is 2. The van der Waals surface area contributed by atoms with Crippen LogP contribution in [0.15, 0.2) is 41.5 Å². The van der Waals surface area contributed by atoms with E-state index in [-0.39, 0.29) is 5.69 Å². The van der Waals surface area contributed by atoms with E-state index in [2.05, 4.69) is 25.5 Å². The van der Waals surface area contributed by atoms with Crippen LogP contribution in [0.4, 0.5) is 14.6 Å². The van der Waals surface area contributed by atoms with Crippen molar-refractivity contribution in [3.8, 4) is 5.69 Å². The van der Waals surface area contributed by atoms with Crippen LogP contribution in [0, 0.1) is 11.6 Å². The van der Waals surface area contributed by atoms with Gasteiger partial charge in [-0.15, -0.1) is 5.10 Å². The highest BCUT2D eigenvalue weighted by Crippen LogP contribution is 2.09. The first kappa shape index (κ1) is 14.5. The van der Waals surface area contributed by atoms with E-state index in [1.54, 1.807) is 0 Å². The molecule has 2 heterocycles. The zero-order valence-corrected chi connectivity index (χ0v) is 11.3. The summed E-state index contributed by atoms with van der Waals surface area (Å²) in [5, 5.41) is 9.92. The lowest BCUT2D eigenvalue weighted by atomic mass is 10.3. The Balaban J connectivity index is 1.82. The van der Waals surface area contributed by atoms with Crippen LogP contribution < -0.4 is 11.0 Å². The van der Waals surface area contributed by atoms with E-state index >= 15 is 0 Å². The van der Waals surface area contributed by atoms with Crippen molar-refractivity contribution in [2.24, 2.45) is 0 Å². The normalized spacial score (nSPS) is 10.5. The third-order valence-corrected chi connectivity index (χ3v) is 2.79. The van der Waals surface area contributed by atoms with Gasteiger partial charge in [-0.2, -0.15) is 14.9 Å². The molecule has 116 valence electrons. The maximum Gasteiger partial charge on any atom is 0.346 e. The molecular formula is C13H8F2N6O2. The Bertz CT molecular complexity index is 919. The molecule has 23 heavy (non-hydrogen) atoms. The molecular weight excluding hydrogens is 310 g/mol. The average Bonchev–Trinajstić information content (AvgIpc) is 3.02. The summed E-state index contributed by atoms with van der Waals surface area (Å²) < 4.78 is 26.3. The molecule has 2 N–H and O–H groups in total. The van der Waals surface area contributed by atoms with Gasteiger partial charge >= 0.3 is 5.69 Å². The van der Waals surface area contributed by atoms with Crippen LogP contribution in [0.3, 0.4) is 0 Å². The van der Waals surface area contributed by atoms with E-state index in [1.807, 2.05) is 0 Å². The van der Waals surface area contributed by atoms with Crippen molar-refractivity contribution in [1.82, 2.24) is 25.0 Å². The highest BCUT2D eigenvalue weighted by molar-refractivity contribution is 6.02. The molecule has 0 atom stereocenters. The van der Waals surface area contributed by atoms with Gasteiger partial charge in [0.25, 0.3) is 5.91 Å². The summed E-state index contributed by atoms with van der Waals surface area (Å²) >= 11 is 0. The zero-order chi connectivity index (χ0) is 16.4. The first-order chi connectivity index (χ1) is 11.0. The fourth-order valence-corrected chi connectivity index (χ4v) is 1.71. The van der Waals surface area contributed by atoms with Crippen LogP contribution in [0.25, 0.3) is 5.69 Å². The number of carbonyl (C=O) groups is 1. The van der Waals surface area contributed by atoms with Crippen molar-refractivity contribution in [3.05, 3.63) is 64.5 Å². The molecule has 0 fully saturated rings. The zero-order valence-electron chi connectivity index (χ0n) is 11.3. The lowest BCUT2D eigenvalue weighted by molar-refractivity contribution is 0.102. The SMILES string of the molecule is O=C(Nc1[nH]c(=O)ncc1F)c1cnn(-c2ccc(F)cc2)n1. The Hall–Kier alpha value is -3.43. The molecule has 10 heteroatoms. The maximum atomic E-state index is 13.4. The number of aromatic amines is 1. The molecule has 1 aromatic carbocycles. The van der Waals surface area contributed by atoms with E-state index < -0.39 is 29.0 Å². The molecule has 0 radical (unpaired) electrons. The first-order valence-corrected chi connectivity index (χ1v) is 6.27. The molecule has 0 bridgehead atoms. The molecule has 0 aliphatic carbocycles. The third-order valence-electron chi connectivity index (χ3n) is 2.79. The number of benzene rings is 1. The molecule has 3 rings (SSSR count). The second kappa shape index (κ2) is 5.75. The molecule has 8 nitrogen and oxygen atoms in total. The van der Waals surface area contributed by atoms with Crippen molar-refractivity contribution in [2.45, 2.75) is 0 Å². The summed E-state index contributed by atoms with van der Waals surface area (Å²) in [6, 6.07) is 5.29. The number of rotatable bonds is 3. The van der Waals surface area contributed by atoms with Gasteiger partial charge in [0.1, 0.15) is 5.82 Å². The number of carbonyl (C=O) groups excluding carboxylic acids is 1. The van der Waals surface area contributed by atoms with Crippen molar-refractivity contribution >= 4 is 11.7 Å². The number of amides is 1. The molecule has 3 aromatic rings. The summed E-state index contributed by atoms with van der Waals surface area (Å²) in [5.74, 6) is -2.52. The predicted octanol–water partition coefficient (Wildman–Crippen LogP) is 0.881. The molecule has 0 saturated heterocycles. The first-order valence-electron chi connectivity index (χ1n) is 6.27. The van der Waals surface area contributed by atoms with E-state index in [9.17, 15) is 18.4 Å². The van der Waals surface area contributed by atoms with Gasteiger partial charge < -0.3 is 5.32 Å². The van der Waals surface area contributed by atoms with Gasteiger partial charge in [-0.25, -0.2) is 13.6 Å². The van der Waals surface area contributed by atoms with Gasteiger partial charge in [-0.3, -0.25) is 9.78 Å². The molecule has 0 spiro atoms. The summed E-state index contributed by atoms with van der Waals surface area (Å²) in [6.07, 6.45) is 1.83. The predicted molar refractivity (Wildman–Crippen MR) is 74.1 cm³/mol. The van der Waals surface area contributed by atoms with Crippen LogP contribution in [-0.4, -0.2) is 30.9 Å². The molecule has 0 unspecified atom stereocenters. The molecule has 2 aromatic heterocycles. The number of aromatic nitrogens is 5. The number of nitrogens with zero attached hydrogens (tertiary/aromatic N) is 4. The van der Waals surface area contributed by atoms with E-state index in [0.717, 1.165) is 11.0 Å². The van der Waals surface area contributed by atoms with E-state index in [4.69, 9.17) is 0 Å². The Morgan fingerprint density at radius 3 is 2.65 bits per heavy atom. The number of hydrogen-bond donors (Lipinski definition) is 2. The minimum absolute atomic E-state index is 0.119. The standard InChI is InChI=1S/C13H8F2N6O2/c14-7-1-3-8(4-2-7)21-17-6-10(20-21)12(22)18-11-9(15)5-16-13(23)19-11/h1-6H,(H2,16,18,19,22,23). The van der Waals surface area contributed by atoms with Crippen LogP contribution >= 0.6 is 0 Å². The van der Waals surface area contributed by atoms with Crippen LogP contribution in [0.1, 0.15) is 10.5 Å². The Morgan fingerprint density at radius 2 is 1.91 bits per heavy atom. The Kier molecular flexibility index (Phi) is 3.63. The smallest absolute Gasteiger partial charge is 0.304 e. The summed E-state index contributed by atoms with van der Waals surface area (Å²) in [6.45, 7) is 0. The van der Waals surface area contributed by atoms with Gasteiger partial charge in [-0.1, -0.05) is 0 Å². The summed E-state index contributed by atoms with van der Waals surface area (Å²) in [7, 11) is 0. The van der Waals surface area contributed by atoms with Crippen LogP contribution in [0.5, 0.6) is 0 Å². The molecule has 1 amide bonds. The number of nitrogens with one attached hydrogen (secondary N) is 2. The lowest BCUT2D eigenvalue weighted by Crippen LogP contribution is -2.20. The third kappa shape index (κ3) is 3.10.